The van der Waals surface area contributed by atoms with Gasteiger partial charge in [-0.15, -0.1) is 6.42 Å². The van der Waals surface area contributed by atoms with Crippen LogP contribution in [0, 0.1) is 12.3 Å². The molecule has 1 saturated heterocycles. The smallest absolute Gasteiger partial charge is 0.416 e. The lowest BCUT2D eigenvalue weighted by molar-refractivity contribution is -0.137. The maximum Gasteiger partial charge on any atom is 0.416 e. The Balaban J connectivity index is 1.71. The van der Waals surface area contributed by atoms with E-state index in [4.69, 9.17) is 15.9 Å². The van der Waals surface area contributed by atoms with E-state index in [1.54, 1.807) is 18.2 Å². The molecule has 1 fully saturated rings. The van der Waals surface area contributed by atoms with Crippen LogP contribution in [-0.2, 0) is 15.7 Å². The maximum absolute atomic E-state index is 13.4. The molecule has 3 aromatic rings. The molecule has 2 heterocycles. The topological polar surface area (TPSA) is 97.4 Å². The first-order valence-electron chi connectivity index (χ1n) is 11.9. The van der Waals surface area contributed by atoms with Crippen molar-refractivity contribution < 1.29 is 27.4 Å². The second kappa shape index (κ2) is 11.9. The Hall–Kier alpha value is -4.14. The number of rotatable bonds is 9. The number of ether oxygens (including phenoxy) is 2. The molecule has 0 radical (unpaired) electrons. The van der Waals surface area contributed by atoms with Gasteiger partial charge in [-0.3, -0.25) is 4.79 Å². The van der Waals surface area contributed by atoms with Crippen LogP contribution in [0.2, 0.25) is 0 Å². The second-order valence-electron chi connectivity index (χ2n) is 8.46. The zero-order chi connectivity index (χ0) is 27.1. The molecule has 1 aliphatic rings. The molecule has 3 N–H and O–H groups in total. The molecule has 38 heavy (non-hydrogen) atoms. The third kappa shape index (κ3) is 6.79. The summed E-state index contributed by atoms with van der Waals surface area (Å²) in [6, 6.07) is 6.53. The number of aromatic nitrogens is 2. The Morgan fingerprint density at radius 3 is 2.82 bits per heavy atom. The molecule has 1 aromatic heterocycles. The van der Waals surface area contributed by atoms with Crippen molar-refractivity contribution >= 4 is 34.0 Å². The van der Waals surface area contributed by atoms with Crippen molar-refractivity contribution in [2.75, 3.05) is 36.9 Å². The van der Waals surface area contributed by atoms with Gasteiger partial charge in [-0.1, -0.05) is 18.9 Å². The van der Waals surface area contributed by atoms with E-state index < -0.39 is 11.7 Å². The number of carbonyl (C=O) groups is 1. The summed E-state index contributed by atoms with van der Waals surface area (Å²) in [4.78, 5) is 21.1. The average molecular weight is 526 g/mol. The number of terminal acetylenes is 1. The second-order valence-corrected chi connectivity index (χ2v) is 8.46. The number of halogens is 3. The average Bonchev–Trinajstić information content (AvgIpc) is 3.40. The van der Waals surface area contributed by atoms with Gasteiger partial charge in [0.15, 0.2) is 0 Å². The van der Waals surface area contributed by atoms with Crippen LogP contribution >= 0.6 is 0 Å². The maximum atomic E-state index is 13.4. The third-order valence-electron chi connectivity index (χ3n) is 5.65. The van der Waals surface area contributed by atoms with Gasteiger partial charge < -0.3 is 25.4 Å². The van der Waals surface area contributed by atoms with Gasteiger partial charge in [-0.2, -0.15) is 13.2 Å². The summed E-state index contributed by atoms with van der Waals surface area (Å²) in [7, 11) is 0. The van der Waals surface area contributed by atoms with E-state index in [1.807, 2.05) is 6.92 Å². The quantitative estimate of drug-likeness (QED) is 0.213. The number of nitrogens with zero attached hydrogens (tertiary/aromatic N) is 2. The molecule has 0 bridgehead atoms. The molecule has 198 valence electrons. The number of anilines is 3. The summed E-state index contributed by atoms with van der Waals surface area (Å²) in [5, 5.41) is 9.27. The first-order chi connectivity index (χ1) is 18.3. The summed E-state index contributed by atoms with van der Waals surface area (Å²) in [6.45, 7) is 4.24. The van der Waals surface area contributed by atoms with E-state index in [-0.39, 0.29) is 29.1 Å². The molecule has 2 aromatic carbocycles. The molecule has 0 spiro atoms. The molecule has 0 saturated carbocycles. The molecule has 4 rings (SSSR count). The predicted molar refractivity (Wildman–Crippen MR) is 138 cm³/mol. The molecular weight excluding hydrogens is 499 g/mol. The van der Waals surface area contributed by atoms with Gasteiger partial charge in [0, 0.05) is 41.7 Å². The van der Waals surface area contributed by atoms with Gasteiger partial charge in [0.25, 0.3) is 0 Å². The predicted octanol–water partition coefficient (Wildman–Crippen LogP) is 4.65. The van der Waals surface area contributed by atoms with Crippen molar-refractivity contribution in [2.24, 2.45) is 0 Å². The highest BCUT2D eigenvalue weighted by Crippen LogP contribution is 2.36. The Morgan fingerprint density at radius 1 is 1.26 bits per heavy atom. The van der Waals surface area contributed by atoms with E-state index in [0.717, 1.165) is 18.7 Å². The normalized spacial score (nSPS) is 15.5. The van der Waals surface area contributed by atoms with Crippen molar-refractivity contribution in [1.29, 1.82) is 0 Å². The lowest BCUT2D eigenvalue weighted by atomic mass is 10.1. The van der Waals surface area contributed by atoms with Gasteiger partial charge in [0.1, 0.15) is 24.0 Å². The van der Waals surface area contributed by atoms with Crippen LogP contribution in [0.5, 0.6) is 5.75 Å². The number of benzene rings is 2. The van der Waals surface area contributed by atoms with Crippen molar-refractivity contribution in [3.05, 3.63) is 59.9 Å². The number of fused-ring (bicyclic) bond motifs is 1. The SMILES string of the molecule is C#Cc1cc(Nc2ncnc3cc(O[C@H]4CCOC4)c(NC(=O)/C=C/CNCC)cc23)cc(C(F)(F)F)c1. The lowest BCUT2D eigenvalue weighted by Crippen LogP contribution is -2.18. The Bertz CT molecular complexity index is 1380. The number of likely N-dealkylation sites (N-methyl/N-ethyl adjacent to an activating group) is 1. The fourth-order valence-electron chi connectivity index (χ4n) is 3.82. The minimum Gasteiger partial charge on any atom is -0.486 e. The van der Waals surface area contributed by atoms with Crippen LogP contribution in [0.3, 0.4) is 0 Å². The summed E-state index contributed by atoms with van der Waals surface area (Å²) < 4.78 is 51.7. The minimum absolute atomic E-state index is 0.0625. The number of amides is 1. The molecule has 0 unspecified atom stereocenters. The number of hydrogen-bond acceptors (Lipinski definition) is 7. The highest BCUT2D eigenvalue weighted by Gasteiger charge is 2.31. The first-order valence-corrected chi connectivity index (χ1v) is 11.9. The lowest BCUT2D eigenvalue weighted by Gasteiger charge is -2.18. The van der Waals surface area contributed by atoms with Crippen LogP contribution in [-0.4, -0.2) is 48.3 Å². The van der Waals surface area contributed by atoms with Crippen molar-refractivity contribution in [3.8, 4) is 18.1 Å². The van der Waals surface area contributed by atoms with E-state index in [9.17, 15) is 18.0 Å². The molecule has 8 nitrogen and oxygen atoms in total. The summed E-state index contributed by atoms with van der Waals surface area (Å²) in [5.41, 5.74) is 0.0937. The zero-order valence-electron chi connectivity index (χ0n) is 20.6. The molecule has 1 amide bonds. The van der Waals surface area contributed by atoms with Crippen molar-refractivity contribution in [3.63, 3.8) is 0 Å². The monoisotopic (exact) mass is 525 g/mol. The minimum atomic E-state index is -4.58. The molecular formula is C27H26F3N5O3. The van der Waals surface area contributed by atoms with E-state index in [0.29, 0.717) is 48.5 Å². The van der Waals surface area contributed by atoms with E-state index >= 15 is 0 Å². The van der Waals surface area contributed by atoms with Gasteiger partial charge in [-0.05, 0) is 30.8 Å². The van der Waals surface area contributed by atoms with Crippen LogP contribution < -0.4 is 20.7 Å². The van der Waals surface area contributed by atoms with Crippen LogP contribution in [0.1, 0.15) is 24.5 Å². The first kappa shape index (κ1) is 26.9. The molecule has 1 atom stereocenters. The van der Waals surface area contributed by atoms with Crippen molar-refractivity contribution in [2.45, 2.75) is 25.6 Å². The standard InChI is InChI=1S/C27H26F3N5O3/c1-3-17-10-18(27(28,29)30)12-19(11-17)34-26-21-13-23(35-25(36)6-5-8-31-4-2)24(14-22(21)32-16-33-26)38-20-7-9-37-15-20/h1,5-6,10-14,16,20,31H,4,7-9,15H2,2H3,(H,35,36)(H,32,33,34)/b6-5+/t20-/m0/s1. The number of nitrogens with one attached hydrogen (secondary N) is 3. The highest BCUT2D eigenvalue weighted by atomic mass is 19.4. The van der Waals surface area contributed by atoms with Gasteiger partial charge in [-0.25, -0.2) is 9.97 Å². The van der Waals surface area contributed by atoms with E-state index in [2.05, 4.69) is 31.8 Å². The van der Waals surface area contributed by atoms with Gasteiger partial charge in [0.2, 0.25) is 5.91 Å². The summed E-state index contributed by atoms with van der Waals surface area (Å²) >= 11 is 0. The fraction of sp³-hybridized carbons (Fsp3) is 0.296. The zero-order valence-corrected chi connectivity index (χ0v) is 20.6. The van der Waals surface area contributed by atoms with Crippen LogP contribution in [0.25, 0.3) is 10.9 Å². The summed E-state index contributed by atoms with van der Waals surface area (Å²) in [6.07, 6.45) is 5.67. The third-order valence-corrected chi connectivity index (χ3v) is 5.65. The molecule has 0 aliphatic carbocycles. The van der Waals surface area contributed by atoms with Gasteiger partial charge >= 0.3 is 6.18 Å². The number of alkyl halides is 3. The van der Waals surface area contributed by atoms with Crippen molar-refractivity contribution in [1.82, 2.24) is 15.3 Å². The van der Waals surface area contributed by atoms with E-state index in [1.165, 1.54) is 18.5 Å². The number of carbonyl (C=O) groups excluding carboxylic acids is 1. The Labute approximate surface area is 217 Å². The molecule has 1 aliphatic heterocycles. The van der Waals surface area contributed by atoms with Crippen LogP contribution in [0.15, 0.2) is 48.8 Å². The number of hydrogen-bond donors (Lipinski definition) is 3. The Morgan fingerprint density at radius 2 is 2.11 bits per heavy atom. The largest absolute Gasteiger partial charge is 0.486 e. The van der Waals surface area contributed by atoms with Crippen LogP contribution in [0.4, 0.5) is 30.4 Å². The van der Waals surface area contributed by atoms with Gasteiger partial charge in [0.05, 0.1) is 30.0 Å². The summed E-state index contributed by atoms with van der Waals surface area (Å²) in [5.74, 6) is 2.48. The highest BCUT2D eigenvalue weighted by molar-refractivity contribution is 6.03. The fourth-order valence-corrected chi connectivity index (χ4v) is 3.82. The molecule has 11 heteroatoms. The Kier molecular flexibility index (Phi) is 8.45.